The van der Waals surface area contributed by atoms with Crippen LogP contribution in [0.15, 0.2) is 33.9 Å². The Hall–Kier alpha value is -2.50. The summed E-state index contributed by atoms with van der Waals surface area (Å²) in [6, 6.07) is 7.05. The highest BCUT2D eigenvalue weighted by atomic mass is 16.3. The molecule has 100 valence electrons. The number of nitrogens with one attached hydrogen (secondary N) is 1. The molecular weight excluding hydrogens is 246 g/mol. The van der Waals surface area contributed by atoms with E-state index >= 15 is 0 Å². The summed E-state index contributed by atoms with van der Waals surface area (Å²) in [5, 5.41) is 9.92. The summed E-state index contributed by atoms with van der Waals surface area (Å²) in [5.74, 6) is -0.341. The van der Waals surface area contributed by atoms with Crippen molar-refractivity contribution in [3.8, 4) is 11.6 Å². The molecule has 1 aromatic carbocycles. The Morgan fingerprint density at radius 3 is 2.26 bits per heavy atom. The van der Waals surface area contributed by atoms with Crippen LogP contribution in [0.5, 0.6) is 5.88 Å². The molecule has 0 amide bonds. The third kappa shape index (κ3) is 2.24. The maximum Gasteiger partial charge on any atom is 0.335 e. The van der Waals surface area contributed by atoms with E-state index in [9.17, 15) is 14.7 Å². The molecule has 6 heteroatoms. The van der Waals surface area contributed by atoms with E-state index in [0.29, 0.717) is 5.69 Å². The van der Waals surface area contributed by atoms with Crippen molar-refractivity contribution in [2.45, 2.75) is 6.92 Å². The summed E-state index contributed by atoms with van der Waals surface area (Å²) in [4.78, 5) is 27.2. The fourth-order valence-corrected chi connectivity index (χ4v) is 1.75. The van der Waals surface area contributed by atoms with Crippen molar-refractivity contribution in [3.05, 3.63) is 50.7 Å². The summed E-state index contributed by atoms with van der Waals surface area (Å²) < 4.78 is 1.07. The maximum absolute atomic E-state index is 11.8. The van der Waals surface area contributed by atoms with Gasteiger partial charge >= 0.3 is 5.69 Å². The predicted octanol–water partition coefficient (Wildman–Crippen LogP) is 0.606. The Morgan fingerprint density at radius 1 is 1.16 bits per heavy atom. The summed E-state index contributed by atoms with van der Waals surface area (Å²) in [7, 11) is 3.81. The molecule has 0 saturated heterocycles. The van der Waals surface area contributed by atoms with Crippen molar-refractivity contribution in [2.75, 3.05) is 19.0 Å². The van der Waals surface area contributed by atoms with Gasteiger partial charge in [-0.3, -0.25) is 9.78 Å². The van der Waals surface area contributed by atoms with E-state index < -0.39 is 11.2 Å². The molecule has 0 saturated carbocycles. The van der Waals surface area contributed by atoms with E-state index in [-0.39, 0.29) is 11.4 Å². The lowest BCUT2D eigenvalue weighted by molar-refractivity contribution is 0.426. The van der Waals surface area contributed by atoms with Gasteiger partial charge in [0.25, 0.3) is 5.56 Å². The van der Waals surface area contributed by atoms with Gasteiger partial charge in [-0.2, -0.15) is 0 Å². The number of aromatic nitrogens is 2. The molecule has 0 aliphatic carbocycles. The highest BCUT2D eigenvalue weighted by Gasteiger charge is 2.11. The van der Waals surface area contributed by atoms with E-state index in [0.717, 1.165) is 10.3 Å². The number of aromatic amines is 1. The van der Waals surface area contributed by atoms with Crippen molar-refractivity contribution < 1.29 is 5.11 Å². The fourth-order valence-electron chi connectivity index (χ4n) is 1.75. The van der Waals surface area contributed by atoms with Crippen molar-refractivity contribution in [2.24, 2.45) is 0 Å². The number of rotatable bonds is 2. The standard InChI is InChI=1S/C13H15N3O3/c1-8-11(17)14-13(19)16(12(8)18)10-6-4-9(5-7-10)15(2)3/h4-7,18H,1-3H3,(H,14,17,19). The van der Waals surface area contributed by atoms with Crippen LogP contribution in [0.4, 0.5) is 5.69 Å². The van der Waals surface area contributed by atoms with Crippen LogP contribution in [-0.4, -0.2) is 28.8 Å². The SMILES string of the molecule is Cc1c(O)n(-c2ccc(N(C)C)cc2)c(=O)[nH]c1=O. The Kier molecular flexibility index (Phi) is 3.16. The number of nitrogens with zero attached hydrogens (tertiary/aromatic N) is 2. The number of aromatic hydroxyl groups is 1. The first kappa shape index (κ1) is 12.9. The van der Waals surface area contributed by atoms with Gasteiger partial charge in [-0.15, -0.1) is 0 Å². The molecule has 0 unspecified atom stereocenters. The van der Waals surface area contributed by atoms with E-state index in [1.807, 2.05) is 31.1 Å². The Bertz CT molecular complexity index is 711. The van der Waals surface area contributed by atoms with Gasteiger partial charge in [0.15, 0.2) is 0 Å². The molecule has 6 nitrogen and oxygen atoms in total. The molecule has 0 spiro atoms. The summed E-state index contributed by atoms with van der Waals surface area (Å²) in [6.45, 7) is 1.46. The summed E-state index contributed by atoms with van der Waals surface area (Å²) in [6.07, 6.45) is 0. The molecule has 0 fully saturated rings. The Balaban J connectivity index is 2.63. The van der Waals surface area contributed by atoms with Crippen LogP contribution in [0.3, 0.4) is 0 Å². The molecule has 0 aliphatic rings. The van der Waals surface area contributed by atoms with Crippen LogP contribution < -0.4 is 16.1 Å². The number of hydrogen-bond acceptors (Lipinski definition) is 4. The molecule has 1 aromatic heterocycles. The van der Waals surface area contributed by atoms with Crippen molar-refractivity contribution in [3.63, 3.8) is 0 Å². The normalized spacial score (nSPS) is 10.5. The topological polar surface area (TPSA) is 78.3 Å². The zero-order chi connectivity index (χ0) is 14.2. The van der Waals surface area contributed by atoms with Crippen LogP contribution in [0, 0.1) is 6.92 Å². The average molecular weight is 261 g/mol. The summed E-state index contributed by atoms with van der Waals surface area (Å²) >= 11 is 0. The molecule has 0 bridgehead atoms. The zero-order valence-electron chi connectivity index (χ0n) is 11.0. The quantitative estimate of drug-likeness (QED) is 0.830. The second kappa shape index (κ2) is 4.64. The van der Waals surface area contributed by atoms with Crippen molar-refractivity contribution in [1.82, 2.24) is 9.55 Å². The molecule has 2 N–H and O–H groups in total. The summed E-state index contributed by atoms with van der Waals surface area (Å²) in [5.41, 5.74) is 0.329. The van der Waals surface area contributed by atoms with Crippen LogP contribution in [0.1, 0.15) is 5.56 Å². The van der Waals surface area contributed by atoms with Crippen LogP contribution >= 0.6 is 0 Å². The van der Waals surface area contributed by atoms with Gasteiger partial charge in [-0.1, -0.05) is 0 Å². The molecule has 2 rings (SSSR count). The number of hydrogen-bond donors (Lipinski definition) is 2. The first-order valence-corrected chi connectivity index (χ1v) is 5.74. The van der Waals surface area contributed by atoms with Gasteiger partial charge < -0.3 is 10.0 Å². The minimum atomic E-state index is -0.661. The highest BCUT2D eigenvalue weighted by molar-refractivity contribution is 5.50. The third-order valence-corrected chi connectivity index (χ3v) is 2.94. The molecule has 1 heterocycles. The number of H-pyrrole nitrogens is 1. The van der Waals surface area contributed by atoms with Crippen molar-refractivity contribution >= 4 is 5.69 Å². The van der Waals surface area contributed by atoms with Crippen LogP contribution in [0.2, 0.25) is 0 Å². The predicted molar refractivity (Wildman–Crippen MR) is 73.4 cm³/mol. The van der Waals surface area contributed by atoms with E-state index in [1.165, 1.54) is 6.92 Å². The van der Waals surface area contributed by atoms with Gasteiger partial charge in [0.05, 0.1) is 11.3 Å². The molecule has 0 atom stereocenters. The monoisotopic (exact) mass is 261 g/mol. The highest BCUT2D eigenvalue weighted by Crippen LogP contribution is 2.18. The fraction of sp³-hybridized carbons (Fsp3) is 0.231. The Morgan fingerprint density at radius 2 is 1.74 bits per heavy atom. The van der Waals surface area contributed by atoms with E-state index in [4.69, 9.17) is 0 Å². The average Bonchev–Trinajstić information content (AvgIpc) is 2.37. The lowest BCUT2D eigenvalue weighted by atomic mass is 10.2. The van der Waals surface area contributed by atoms with E-state index in [2.05, 4.69) is 4.98 Å². The van der Waals surface area contributed by atoms with Crippen LogP contribution in [-0.2, 0) is 0 Å². The van der Waals surface area contributed by atoms with Crippen LogP contribution in [0.25, 0.3) is 5.69 Å². The smallest absolute Gasteiger partial charge is 0.335 e. The lowest BCUT2D eigenvalue weighted by Gasteiger charge is -2.14. The number of anilines is 1. The molecular formula is C13H15N3O3. The minimum Gasteiger partial charge on any atom is -0.494 e. The third-order valence-electron chi connectivity index (χ3n) is 2.94. The largest absolute Gasteiger partial charge is 0.494 e. The molecule has 0 radical (unpaired) electrons. The lowest BCUT2D eigenvalue weighted by Crippen LogP contribution is -2.30. The van der Waals surface area contributed by atoms with Gasteiger partial charge in [0.2, 0.25) is 5.88 Å². The van der Waals surface area contributed by atoms with E-state index in [1.54, 1.807) is 12.1 Å². The van der Waals surface area contributed by atoms with Gasteiger partial charge in [-0.05, 0) is 31.2 Å². The number of benzene rings is 1. The maximum atomic E-state index is 11.8. The molecule has 19 heavy (non-hydrogen) atoms. The first-order chi connectivity index (χ1) is 8.91. The zero-order valence-corrected chi connectivity index (χ0v) is 11.0. The van der Waals surface area contributed by atoms with Gasteiger partial charge in [0.1, 0.15) is 0 Å². The molecule has 2 aromatic rings. The van der Waals surface area contributed by atoms with Crippen molar-refractivity contribution in [1.29, 1.82) is 0 Å². The van der Waals surface area contributed by atoms with Gasteiger partial charge in [0, 0.05) is 19.8 Å². The second-order valence-corrected chi connectivity index (χ2v) is 4.45. The Labute approximate surface area is 109 Å². The molecule has 0 aliphatic heterocycles. The van der Waals surface area contributed by atoms with Gasteiger partial charge in [-0.25, -0.2) is 9.36 Å². The minimum absolute atomic E-state index is 0.108. The first-order valence-electron chi connectivity index (χ1n) is 5.74. The second-order valence-electron chi connectivity index (χ2n) is 4.45.